The van der Waals surface area contributed by atoms with Crippen molar-refractivity contribution in [3.63, 3.8) is 0 Å². The summed E-state index contributed by atoms with van der Waals surface area (Å²) in [5.41, 5.74) is 1.33. The molecule has 3 heteroatoms. The van der Waals surface area contributed by atoms with Gasteiger partial charge in [-0.1, -0.05) is 20.3 Å². The summed E-state index contributed by atoms with van der Waals surface area (Å²) < 4.78 is 5.24. The van der Waals surface area contributed by atoms with Crippen LogP contribution in [0, 0.1) is 5.92 Å². The molecule has 0 bridgehead atoms. The fourth-order valence-electron chi connectivity index (χ4n) is 2.53. The molecule has 0 aromatic carbocycles. The first-order valence-electron chi connectivity index (χ1n) is 6.29. The topological polar surface area (TPSA) is 28.4 Å². The molecule has 1 N–H and O–H groups in total. The predicted octanol–water partition coefficient (Wildman–Crippen LogP) is 2.27. The third-order valence-electron chi connectivity index (χ3n) is 3.61. The third-order valence-corrected chi connectivity index (χ3v) is 3.61. The first-order valence-corrected chi connectivity index (χ1v) is 6.29. The van der Waals surface area contributed by atoms with Gasteiger partial charge in [-0.05, 0) is 12.0 Å². The lowest BCUT2D eigenvalue weighted by molar-refractivity contribution is 0.128. The maximum absolute atomic E-state index is 5.24. The number of hydrogen-bond donors (Lipinski definition) is 1. The highest BCUT2D eigenvalue weighted by Crippen LogP contribution is 2.31. The molecule has 2 rings (SSSR count). The Hall–Kier alpha value is -0.800. The predicted molar refractivity (Wildman–Crippen MR) is 65.3 cm³/mol. The van der Waals surface area contributed by atoms with Crippen molar-refractivity contribution in [1.29, 1.82) is 0 Å². The summed E-state index contributed by atoms with van der Waals surface area (Å²) >= 11 is 0. The molecular formula is C13H22N2O. The van der Waals surface area contributed by atoms with Crippen LogP contribution in [-0.2, 0) is 0 Å². The number of furan rings is 1. The summed E-state index contributed by atoms with van der Waals surface area (Å²) in [5, 5.41) is 3.41. The first kappa shape index (κ1) is 11.7. The fourth-order valence-corrected chi connectivity index (χ4v) is 2.53. The summed E-state index contributed by atoms with van der Waals surface area (Å²) in [5.74, 6) is 0.677. The highest BCUT2D eigenvalue weighted by Gasteiger charge is 2.26. The minimum atomic E-state index is 0.519. The number of nitrogens with one attached hydrogen (secondary N) is 1. The number of rotatable bonds is 4. The van der Waals surface area contributed by atoms with Crippen LogP contribution in [0.2, 0.25) is 0 Å². The van der Waals surface area contributed by atoms with E-state index in [4.69, 9.17) is 4.42 Å². The molecule has 2 atom stereocenters. The van der Waals surface area contributed by atoms with Crippen molar-refractivity contribution in [2.24, 2.45) is 5.92 Å². The maximum Gasteiger partial charge on any atom is 0.0950 e. The normalized spacial score (nSPS) is 21.9. The number of piperazine rings is 1. The summed E-state index contributed by atoms with van der Waals surface area (Å²) in [6, 6.07) is 2.63. The Morgan fingerprint density at radius 2 is 2.19 bits per heavy atom. The van der Waals surface area contributed by atoms with Crippen LogP contribution in [0.5, 0.6) is 0 Å². The number of nitrogens with zero attached hydrogens (tertiary/aromatic N) is 1. The molecule has 1 unspecified atom stereocenters. The minimum absolute atomic E-state index is 0.519. The van der Waals surface area contributed by atoms with Crippen molar-refractivity contribution in [3.05, 3.63) is 24.2 Å². The molecule has 1 aliphatic heterocycles. The molecule has 3 nitrogen and oxygen atoms in total. The zero-order valence-corrected chi connectivity index (χ0v) is 10.3. The van der Waals surface area contributed by atoms with E-state index in [0.717, 1.165) is 26.2 Å². The number of hydrogen-bond acceptors (Lipinski definition) is 3. The molecule has 90 valence electrons. The van der Waals surface area contributed by atoms with E-state index >= 15 is 0 Å². The van der Waals surface area contributed by atoms with E-state index in [9.17, 15) is 0 Å². The van der Waals surface area contributed by atoms with Crippen molar-refractivity contribution in [2.45, 2.75) is 26.3 Å². The van der Waals surface area contributed by atoms with Crippen LogP contribution in [0.3, 0.4) is 0 Å². The first-order chi connectivity index (χ1) is 7.83. The molecule has 0 spiro atoms. The summed E-state index contributed by atoms with van der Waals surface area (Å²) in [6.07, 6.45) is 4.89. The van der Waals surface area contributed by atoms with Crippen LogP contribution in [0.25, 0.3) is 0 Å². The quantitative estimate of drug-likeness (QED) is 0.847. The molecule has 2 heterocycles. The third kappa shape index (κ3) is 2.47. The average molecular weight is 222 g/mol. The van der Waals surface area contributed by atoms with E-state index < -0.39 is 0 Å². The molecule has 0 saturated carbocycles. The van der Waals surface area contributed by atoms with Gasteiger partial charge >= 0.3 is 0 Å². The Morgan fingerprint density at radius 3 is 2.75 bits per heavy atom. The minimum Gasteiger partial charge on any atom is -0.472 e. The van der Waals surface area contributed by atoms with Gasteiger partial charge in [0, 0.05) is 37.8 Å². The van der Waals surface area contributed by atoms with Crippen LogP contribution >= 0.6 is 0 Å². The largest absolute Gasteiger partial charge is 0.472 e. The van der Waals surface area contributed by atoms with E-state index in [1.54, 1.807) is 6.26 Å². The van der Waals surface area contributed by atoms with Crippen LogP contribution in [-0.4, -0.2) is 31.1 Å². The van der Waals surface area contributed by atoms with Gasteiger partial charge in [-0.2, -0.15) is 0 Å². The highest BCUT2D eigenvalue weighted by atomic mass is 16.3. The van der Waals surface area contributed by atoms with Gasteiger partial charge in [0.2, 0.25) is 0 Å². The van der Waals surface area contributed by atoms with E-state index in [2.05, 4.69) is 30.1 Å². The lowest BCUT2D eigenvalue weighted by Gasteiger charge is -2.37. The van der Waals surface area contributed by atoms with E-state index in [1.807, 2.05) is 6.26 Å². The van der Waals surface area contributed by atoms with E-state index in [1.165, 1.54) is 12.0 Å². The summed E-state index contributed by atoms with van der Waals surface area (Å²) in [6.45, 7) is 9.08. The van der Waals surface area contributed by atoms with Crippen molar-refractivity contribution in [3.8, 4) is 0 Å². The van der Waals surface area contributed by atoms with Gasteiger partial charge in [-0.3, -0.25) is 4.90 Å². The van der Waals surface area contributed by atoms with Crippen molar-refractivity contribution in [2.75, 3.05) is 26.2 Å². The zero-order chi connectivity index (χ0) is 11.4. The second-order valence-corrected chi connectivity index (χ2v) is 4.67. The fraction of sp³-hybridized carbons (Fsp3) is 0.692. The Kier molecular flexibility index (Phi) is 4.02. The average Bonchev–Trinajstić information content (AvgIpc) is 2.84. The van der Waals surface area contributed by atoms with Crippen LogP contribution in [0.4, 0.5) is 0 Å². The summed E-state index contributed by atoms with van der Waals surface area (Å²) in [7, 11) is 0. The molecule has 0 radical (unpaired) electrons. The second-order valence-electron chi connectivity index (χ2n) is 4.67. The van der Waals surface area contributed by atoms with Gasteiger partial charge in [-0.25, -0.2) is 0 Å². The van der Waals surface area contributed by atoms with Gasteiger partial charge in [0.05, 0.1) is 12.5 Å². The van der Waals surface area contributed by atoms with Crippen LogP contribution in [0.15, 0.2) is 23.0 Å². The lowest BCUT2D eigenvalue weighted by atomic mass is 9.92. The zero-order valence-electron chi connectivity index (χ0n) is 10.3. The Bertz CT molecular complexity index is 291. The standard InChI is InChI=1S/C13H22N2O/c1-3-11(2)13(12-4-9-16-10-12)15-7-5-14-6-8-15/h4,9-11,13-14H,3,5-8H2,1-2H3/t11?,13-/m0/s1. The van der Waals surface area contributed by atoms with Gasteiger partial charge in [-0.15, -0.1) is 0 Å². The van der Waals surface area contributed by atoms with Gasteiger partial charge in [0.25, 0.3) is 0 Å². The molecule has 0 aliphatic carbocycles. The Labute approximate surface area is 97.8 Å². The molecule has 1 aromatic heterocycles. The monoisotopic (exact) mass is 222 g/mol. The molecule has 16 heavy (non-hydrogen) atoms. The summed E-state index contributed by atoms with van der Waals surface area (Å²) in [4.78, 5) is 2.58. The molecule has 1 aliphatic rings. The van der Waals surface area contributed by atoms with Crippen molar-refractivity contribution in [1.82, 2.24) is 10.2 Å². The Balaban J connectivity index is 2.13. The van der Waals surface area contributed by atoms with E-state index in [0.29, 0.717) is 12.0 Å². The second kappa shape index (κ2) is 5.51. The van der Waals surface area contributed by atoms with Gasteiger partial charge in [0.1, 0.15) is 0 Å². The van der Waals surface area contributed by atoms with Gasteiger partial charge < -0.3 is 9.73 Å². The highest BCUT2D eigenvalue weighted by molar-refractivity contribution is 5.13. The van der Waals surface area contributed by atoms with Gasteiger partial charge in [0.15, 0.2) is 0 Å². The van der Waals surface area contributed by atoms with Crippen LogP contribution < -0.4 is 5.32 Å². The molecular weight excluding hydrogens is 200 g/mol. The smallest absolute Gasteiger partial charge is 0.0950 e. The van der Waals surface area contributed by atoms with Crippen molar-refractivity contribution < 1.29 is 4.42 Å². The SMILES string of the molecule is CCC(C)[C@@H](c1ccoc1)N1CCNCC1. The Morgan fingerprint density at radius 1 is 1.44 bits per heavy atom. The maximum atomic E-state index is 5.24. The van der Waals surface area contributed by atoms with E-state index in [-0.39, 0.29) is 0 Å². The molecule has 1 saturated heterocycles. The molecule has 1 fully saturated rings. The lowest BCUT2D eigenvalue weighted by Crippen LogP contribution is -2.46. The molecule has 0 amide bonds. The molecule has 1 aromatic rings. The van der Waals surface area contributed by atoms with Crippen molar-refractivity contribution >= 4 is 0 Å². The van der Waals surface area contributed by atoms with Crippen LogP contribution in [0.1, 0.15) is 31.9 Å².